The highest BCUT2D eigenvalue weighted by Crippen LogP contribution is 2.31. The molecule has 0 aromatic heterocycles. The van der Waals surface area contributed by atoms with Gasteiger partial charge in [-0.3, -0.25) is 0 Å². The largest absolute Gasteiger partial charge is 0.507 e. The molecule has 0 aliphatic carbocycles. The number of hydrogen-bond acceptors (Lipinski definition) is 3. The van der Waals surface area contributed by atoms with Gasteiger partial charge < -0.3 is 14.9 Å². The van der Waals surface area contributed by atoms with E-state index in [1.807, 2.05) is 24.3 Å². The lowest BCUT2D eigenvalue weighted by Crippen LogP contribution is -2.01. The van der Waals surface area contributed by atoms with Crippen molar-refractivity contribution >= 4 is 10.8 Å². The van der Waals surface area contributed by atoms with Gasteiger partial charge in [-0.25, -0.2) is 0 Å². The van der Waals surface area contributed by atoms with Crippen molar-refractivity contribution in [1.29, 1.82) is 0 Å². The quantitative estimate of drug-likeness (QED) is 0.803. The Morgan fingerprint density at radius 2 is 1.73 bits per heavy atom. The number of aliphatic hydroxyl groups excluding tert-OH is 1. The van der Waals surface area contributed by atoms with Crippen molar-refractivity contribution in [3.8, 4) is 11.5 Å². The Labute approximate surface area is 87.5 Å². The van der Waals surface area contributed by atoms with Crippen LogP contribution in [0.1, 0.15) is 0 Å². The molecule has 0 bridgehead atoms. The summed E-state index contributed by atoms with van der Waals surface area (Å²) < 4.78 is 5.36. The molecule has 0 unspecified atom stereocenters. The highest BCUT2D eigenvalue weighted by Gasteiger charge is 2.04. The van der Waals surface area contributed by atoms with Crippen molar-refractivity contribution in [3.63, 3.8) is 0 Å². The number of ether oxygens (including phenoxy) is 1. The standard InChI is InChI=1S/C12H12O3/c13-7-8-15-12-6-5-11(14)9-3-1-2-4-10(9)12/h1-6,13-14H,7-8H2. The predicted octanol–water partition coefficient (Wildman–Crippen LogP) is 1.92. The van der Waals surface area contributed by atoms with Gasteiger partial charge in [0.05, 0.1) is 6.61 Å². The van der Waals surface area contributed by atoms with Crippen molar-refractivity contribution in [2.24, 2.45) is 0 Å². The SMILES string of the molecule is OCCOc1ccc(O)c2ccccc12. The van der Waals surface area contributed by atoms with Crippen LogP contribution in [0.2, 0.25) is 0 Å². The molecule has 0 radical (unpaired) electrons. The van der Waals surface area contributed by atoms with Gasteiger partial charge in [0, 0.05) is 10.8 Å². The Bertz CT molecular complexity index is 465. The van der Waals surface area contributed by atoms with Crippen LogP contribution in [0.15, 0.2) is 36.4 Å². The van der Waals surface area contributed by atoms with Gasteiger partial charge in [0.2, 0.25) is 0 Å². The molecule has 3 nitrogen and oxygen atoms in total. The van der Waals surface area contributed by atoms with Gasteiger partial charge in [0.15, 0.2) is 0 Å². The number of fused-ring (bicyclic) bond motifs is 1. The highest BCUT2D eigenvalue weighted by molar-refractivity contribution is 5.92. The van der Waals surface area contributed by atoms with Crippen LogP contribution in [0.25, 0.3) is 10.8 Å². The van der Waals surface area contributed by atoms with E-state index in [9.17, 15) is 5.11 Å². The molecular formula is C12H12O3. The minimum atomic E-state index is -0.0186. The summed E-state index contributed by atoms with van der Waals surface area (Å²) in [5.41, 5.74) is 0. The lowest BCUT2D eigenvalue weighted by Gasteiger charge is -2.08. The second-order valence-corrected chi connectivity index (χ2v) is 3.20. The van der Waals surface area contributed by atoms with Crippen LogP contribution >= 0.6 is 0 Å². The Morgan fingerprint density at radius 3 is 2.47 bits per heavy atom. The van der Waals surface area contributed by atoms with Crippen LogP contribution < -0.4 is 4.74 Å². The number of rotatable bonds is 3. The van der Waals surface area contributed by atoms with Crippen molar-refractivity contribution in [3.05, 3.63) is 36.4 Å². The molecule has 0 heterocycles. The minimum Gasteiger partial charge on any atom is -0.507 e. The molecule has 0 saturated carbocycles. The van der Waals surface area contributed by atoms with Gasteiger partial charge in [-0.05, 0) is 12.1 Å². The zero-order valence-corrected chi connectivity index (χ0v) is 8.18. The maximum atomic E-state index is 9.62. The summed E-state index contributed by atoms with van der Waals surface area (Å²) in [6, 6.07) is 10.7. The van der Waals surface area contributed by atoms with Gasteiger partial charge in [-0.15, -0.1) is 0 Å². The minimum absolute atomic E-state index is 0.0186. The second-order valence-electron chi connectivity index (χ2n) is 3.20. The van der Waals surface area contributed by atoms with Crippen molar-refractivity contribution in [2.75, 3.05) is 13.2 Å². The molecule has 78 valence electrons. The molecule has 0 aliphatic heterocycles. The van der Waals surface area contributed by atoms with E-state index in [1.54, 1.807) is 12.1 Å². The molecule has 0 amide bonds. The Balaban J connectivity index is 2.51. The van der Waals surface area contributed by atoms with Gasteiger partial charge in [-0.1, -0.05) is 24.3 Å². The van der Waals surface area contributed by atoms with Gasteiger partial charge in [-0.2, -0.15) is 0 Å². The monoisotopic (exact) mass is 204 g/mol. The van der Waals surface area contributed by atoms with Crippen LogP contribution in [-0.2, 0) is 0 Å². The Morgan fingerprint density at radius 1 is 1.00 bits per heavy atom. The molecule has 2 aromatic carbocycles. The maximum absolute atomic E-state index is 9.62. The fourth-order valence-electron chi connectivity index (χ4n) is 1.54. The molecule has 0 aliphatic rings. The van der Waals surface area contributed by atoms with E-state index in [0.29, 0.717) is 5.75 Å². The molecule has 2 N–H and O–H groups in total. The number of phenolic OH excluding ortho intramolecular Hbond substituents is 1. The van der Waals surface area contributed by atoms with Crippen molar-refractivity contribution in [2.45, 2.75) is 0 Å². The molecule has 2 rings (SSSR count). The number of phenols is 1. The van der Waals surface area contributed by atoms with Crippen LogP contribution in [0.3, 0.4) is 0 Å². The second kappa shape index (κ2) is 4.19. The summed E-state index contributed by atoms with van der Waals surface area (Å²) in [6.45, 7) is 0.240. The average molecular weight is 204 g/mol. The first-order chi connectivity index (χ1) is 7.33. The third-order valence-corrected chi connectivity index (χ3v) is 2.21. The average Bonchev–Trinajstić information content (AvgIpc) is 2.29. The van der Waals surface area contributed by atoms with E-state index in [0.717, 1.165) is 10.8 Å². The lowest BCUT2D eigenvalue weighted by atomic mass is 10.1. The predicted molar refractivity (Wildman–Crippen MR) is 58.2 cm³/mol. The summed E-state index contributed by atoms with van der Waals surface area (Å²) in [5.74, 6) is 0.916. The lowest BCUT2D eigenvalue weighted by molar-refractivity contribution is 0.203. The van der Waals surface area contributed by atoms with Crippen LogP contribution in [-0.4, -0.2) is 23.4 Å². The van der Waals surface area contributed by atoms with E-state index in [-0.39, 0.29) is 19.0 Å². The molecule has 3 heteroatoms. The summed E-state index contributed by atoms with van der Waals surface area (Å²) >= 11 is 0. The maximum Gasteiger partial charge on any atom is 0.127 e. The number of aliphatic hydroxyl groups is 1. The molecular weight excluding hydrogens is 192 g/mol. The van der Waals surface area contributed by atoms with E-state index >= 15 is 0 Å². The first-order valence-corrected chi connectivity index (χ1v) is 4.77. The van der Waals surface area contributed by atoms with Gasteiger partial charge in [0.1, 0.15) is 18.1 Å². The molecule has 0 fully saturated rings. The van der Waals surface area contributed by atoms with Crippen LogP contribution in [0.4, 0.5) is 0 Å². The molecule has 0 atom stereocenters. The number of hydrogen-bond donors (Lipinski definition) is 2. The first-order valence-electron chi connectivity index (χ1n) is 4.77. The number of aromatic hydroxyl groups is 1. The Hall–Kier alpha value is -1.74. The van der Waals surface area contributed by atoms with Gasteiger partial charge in [0.25, 0.3) is 0 Å². The molecule has 0 spiro atoms. The zero-order valence-electron chi connectivity index (χ0n) is 8.18. The topological polar surface area (TPSA) is 49.7 Å². The van der Waals surface area contributed by atoms with Crippen LogP contribution in [0.5, 0.6) is 11.5 Å². The fourth-order valence-corrected chi connectivity index (χ4v) is 1.54. The zero-order chi connectivity index (χ0) is 10.7. The summed E-state index contributed by atoms with van der Waals surface area (Å²) in [5, 5.41) is 19.9. The van der Waals surface area contributed by atoms with Gasteiger partial charge >= 0.3 is 0 Å². The van der Waals surface area contributed by atoms with Crippen LogP contribution in [0, 0.1) is 0 Å². The van der Waals surface area contributed by atoms with E-state index in [4.69, 9.17) is 9.84 Å². The number of benzene rings is 2. The van der Waals surface area contributed by atoms with Crippen molar-refractivity contribution in [1.82, 2.24) is 0 Å². The Kier molecular flexibility index (Phi) is 2.74. The van der Waals surface area contributed by atoms with E-state index in [1.165, 1.54) is 0 Å². The molecule has 0 saturated heterocycles. The normalized spacial score (nSPS) is 10.5. The smallest absolute Gasteiger partial charge is 0.127 e. The first kappa shape index (κ1) is 9.80. The summed E-state index contributed by atoms with van der Waals surface area (Å²) in [4.78, 5) is 0. The third-order valence-electron chi connectivity index (χ3n) is 2.21. The van der Waals surface area contributed by atoms with E-state index in [2.05, 4.69) is 0 Å². The summed E-state index contributed by atoms with van der Waals surface area (Å²) in [6.07, 6.45) is 0. The summed E-state index contributed by atoms with van der Waals surface area (Å²) in [7, 11) is 0. The highest BCUT2D eigenvalue weighted by atomic mass is 16.5. The van der Waals surface area contributed by atoms with E-state index < -0.39 is 0 Å². The third kappa shape index (κ3) is 1.87. The fraction of sp³-hybridized carbons (Fsp3) is 0.167. The molecule has 15 heavy (non-hydrogen) atoms. The van der Waals surface area contributed by atoms with Crippen molar-refractivity contribution < 1.29 is 14.9 Å². The molecule has 2 aromatic rings.